The fraction of sp³-hybridized carbons (Fsp3) is 0.727. The van der Waals surface area contributed by atoms with Crippen LogP contribution in [0.15, 0.2) is 12.4 Å². The molecule has 78 valence electrons. The van der Waals surface area contributed by atoms with E-state index >= 15 is 0 Å². The molecule has 1 heterocycles. The van der Waals surface area contributed by atoms with E-state index < -0.39 is 0 Å². The van der Waals surface area contributed by atoms with Crippen molar-refractivity contribution >= 4 is 11.6 Å². The predicted molar refractivity (Wildman–Crippen MR) is 58.8 cm³/mol. The van der Waals surface area contributed by atoms with Crippen LogP contribution in [0.25, 0.3) is 0 Å². The lowest BCUT2D eigenvalue weighted by atomic mass is 10.0. The van der Waals surface area contributed by atoms with Crippen molar-refractivity contribution in [1.82, 2.24) is 9.78 Å². The number of hydrogen-bond donors (Lipinski definition) is 0. The molecule has 3 heteroatoms. The van der Waals surface area contributed by atoms with Crippen molar-refractivity contribution in [1.29, 1.82) is 0 Å². The van der Waals surface area contributed by atoms with Gasteiger partial charge in [-0.15, -0.1) is 11.6 Å². The lowest BCUT2D eigenvalue weighted by Gasteiger charge is -2.10. The standard InChI is InChI=1S/C11H17ClN2/c1-2-6-14-8-9(7-13-14)10-4-3-5-11(10)12/h7-8,10-11H,2-6H2,1H3. The molecule has 0 aromatic carbocycles. The average Bonchev–Trinajstić information content (AvgIpc) is 2.74. The molecule has 1 fully saturated rings. The van der Waals surface area contributed by atoms with Crippen molar-refractivity contribution in [2.45, 2.75) is 50.4 Å². The lowest BCUT2D eigenvalue weighted by molar-refractivity contribution is 0.601. The van der Waals surface area contributed by atoms with Gasteiger partial charge in [-0.25, -0.2) is 0 Å². The van der Waals surface area contributed by atoms with Gasteiger partial charge in [0.1, 0.15) is 0 Å². The average molecular weight is 213 g/mol. The van der Waals surface area contributed by atoms with Gasteiger partial charge in [0.25, 0.3) is 0 Å². The molecule has 0 aliphatic heterocycles. The van der Waals surface area contributed by atoms with E-state index in [2.05, 4.69) is 18.2 Å². The molecule has 0 radical (unpaired) electrons. The predicted octanol–water partition coefficient (Wildman–Crippen LogP) is 3.17. The topological polar surface area (TPSA) is 17.8 Å². The van der Waals surface area contributed by atoms with E-state index in [0.717, 1.165) is 19.4 Å². The molecule has 1 aromatic rings. The van der Waals surface area contributed by atoms with Crippen molar-refractivity contribution in [3.05, 3.63) is 18.0 Å². The smallest absolute Gasteiger partial charge is 0.0525 e. The Morgan fingerprint density at radius 2 is 2.43 bits per heavy atom. The van der Waals surface area contributed by atoms with Crippen LogP contribution in [0.2, 0.25) is 0 Å². The van der Waals surface area contributed by atoms with E-state index in [4.69, 9.17) is 11.6 Å². The summed E-state index contributed by atoms with van der Waals surface area (Å²) >= 11 is 6.26. The minimum Gasteiger partial charge on any atom is -0.272 e. The van der Waals surface area contributed by atoms with Crippen LogP contribution in [0.4, 0.5) is 0 Å². The van der Waals surface area contributed by atoms with Gasteiger partial charge in [0.15, 0.2) is 0 Å². The van der Waals surface area contributed by atoms with Crippen LogP contribution in [-0.4, -0.2) is 15.2 Å². The van der Waals surface area contributed by atoms with Crippen LogP contribution in [0.3, 0.4) is 0 Å². The molecule has 1 saturated carbocycles. The number of halogens is 1. The van der Waals surface area contributed by atoms with Gasteiger partial charge in [0.2, 0.25) is 0 Å². The molecule has 2 unspecified atom stereocenters. The van der Waals surface area contributed by atoms with Crippen molar-refractivity contribution in [2.24, 2.45) is 0 Å². The molecule has 1 aliphatic carbocycles. The first-order valence-electron chi connectivity index (χ1n) is 5.47. The van der Waals surface area contributed by atoms with Crippen LogP contribution in [0.5, 0.6) is 0 Å². The maximum Gasteiger partial charge on any atom is 0.0525 e. The molecule has 1 aromatic heterocycles. The zero-order valence-corrected chi connectivity index (χ0v) is 9.37. The second kappa shape index (κ2) is 4.35. The Morgan fingerprint density at radius 3 is 3.07 bits per heavy atom. The highest BCUT2D eigenvalue weighted by Gasteiger charge is 2.27. The number of rotatable bonds is 3. The fourth-order valence-corrected chi connectivity index (χ4v) is 2.64. The van der Waals surface area contributed by atoms with Crippen LogP contribution in [-0.2, 0) is 6.54 Å². The molecule has 1 aliphatic rings. The number of aryl methyl sites for hydroxylation is 1. The summed E-state index contributed by atoms with van der Waals surface area (Å²) < 4.78 is 2.03. The number of hydrogen-bond acceptors (Lipinski definition) is 1. The summed E-state index contributed by atoms with van der Waals surface area (Å²) in [7, 11) is 0. The number of alkyl halides is 1. The van der Waals surface area contributed by atoms with Gasteiger partial charge in [-0.2, -0.15) is 5.10 Å². The van der Waals surface area contributed by atoms with Crippen LogP contribution < -0.4 is 0 Å². The molecular formula is C11H17ClN2. The normalized spacial score (nSPS) is 27.0. The Morgan fingerprint density at radius 1 is 1.57 bits per heavy atom. The molecule has 0 bridgehead atoms. The van der Waals surface area contributed by atoms with Crippen LogP contribution >= 0.6 is 11.6 Å². The highest BCUT2D eigenvalue weighted by atomic mass is 35.5. The zero-order chi connectivity index (χ0) is 9.97. The molecular weight excluding hydrogens is 196 g/mol. The first-order valence-corrected chi connectivity index (χ1v) is 5.91. The molecule has 0 saturated heterocycles. The van der Waals surface area contributed by atoms with Gasteiger partial charge < -0.3 is 0 Å². The first kappa shape index (κ1) is 10.0. The second-order valence-corrected chi connectivity index (χ2v) is 4.65. The third-order valence-electron chi connectivity index (χ3n) is 2.97. The monoisotopic (exact) mass is 212 g/mol. The third kappa shape index (κ3) is 1.95. The maximum absolute atomic E-state index is 6.26. The molecule has 2 atom stereocenters. The second-order valence-electron chi connectivity index (χ2n) is 4.09. The Labute approximate surface area is 90.3 Å². The Bertz CT molecular complexity index is 295. The summed E-state index contributed by atoms with van der Waals surface area (Å²) in [5.74, 6) is 0.544. The van der Waals surface area contributed by atoms with Gasteiger partial charge in [-0.05, 0) is 24.8 Å². The summed E-state index contributed by atoms with van der Waals surface area (Å²) in [6, 6.07) is 0. The van der Waals surface area contributed by atoms with Gasteiger partial charge in [-0.1, -0.05) is 13.3 Å². The van der Waals surface area contributed by atoms with Gasteiger partial charge in [0.05, 0.1) is 6.20 Å². The zero-order valence-electron chi connectivity index (χ0n) is 8.62. The van der Waals surface area contributed by atoms with Gasteiger partial charge in [0, 0.05) is 24.0 Å². The van der Waals surface area contributed by atoms with Crippen molar-refractivity contribution < 1.29 is 0 Å². The molecule has 2 rings (SSSR count). The van der Waals surface area contributed by atoms with Gasteiger partial charge >= 0.3 is 0 Å². The van der Waals surface area contributed by atoms with Crippen LogP contribution in [0.1, 0.15) is 44.1 Å². The van der Waals surface area contributed by atoms with E-state index in [1.165, 1.54) is 18.4 Å². The molecule has 0 amide bonds. The summed E-state index contributed by atoms with van der Waals surface area (Å²) in [6.07, 6.45) is 8.93. The van der Waals surface area contributed by atoms with Crippen molar-refractivity contribution in [2.75, 3.05) is 0 Å². The summed E-state index contributed by atoms with van der Waals surface area (Å²) in [5.41, 5.74) is 1.33. The Kier molecular flexibility index (Phi) is 3.12. The fourth-order valence-electron chi connectivity index (χ4n) is 2.21. The summed E-state index contributed by atoms with van der Waals surface area (Å²) in [6.45, 7) is 3.18. The largest absolute Gasteiger partial charge is 0.272 e. The first-order chi connectivity index (χ1) is 6.81. The van der Waals surface area contributed by atoms with Crippen molar-refractivity contribution in [3.8, 4) is 0 Å². The Hall–Kier alpha value is -0.500. The summed E-state index contributed by atoms with van der Waals surface area (Å²) in [5, 5.41) is 4.67. The highest BCUT2D eigenvalue weighted by molar-refractivity contribution is 6.21. The third-order valence-corrected chi connectivity index (χ3v) is 3.49. The van der Waals surface area contributed by atoms with E-state index in [9.17, 15) is 0 Å². The van der Waals surface area contributed by atoms with Crippen molar-refractivity contribution in [3.63, 3.8) is 0 Å². The SMILES string of the molecule is CCCn1cc(C2CCCC2Cl)cn1. The Balaban J connectivity index is 2.08. The maximum atomic E-state index is 6.26. The lowest BCUT2D eigenvalue weighted by Crippen LogP contribution is -2.03. The van der Waals surface area contributed by atoms with Crippen LogP contribution in [0, 0.1) is 0 Å². The van der Waals surface area contributed by atoms with E-state index in [-0.39, 0.29) is 0 Å². The molecule has 0 spiro atoms. The number of aromatic nitrogens is 2. The minimum atomic E-state index is 0.328. The highest BCUT2D eigenvalue weighted by Crippen LogP contribution is 2.37. The molecule has 2 nitrogen and oxygen atoms in total. The number of nitrogens with zero attached hydrogens (tertiary/aromatic N) is 2. The summed E-state index contributed by atoms with van der Waals surface area (Å²) in [4.78, 5) is 0. The van der Waals surface area contributed by atoms with E-state index in [1.54, 1.807) is 0 Å². The minimum absolute atomic E-state index is 0.328. The molecule has 14 heavy (non-hydrogen) atoms. The van der Waals surface area contributed by atoms with E-state index in [1.807, 2.05) is 10.9 Å². The molecule has 0 N–H and O–H groups in total. The van der Waals surface area contributed by atoms with Gasteiger partial charge in [-0.3, -0.25) is 4.68 Å². The quantitative estimate of drug-likeness (QED) is 0.704. The van der Waals surface area contributed by atoms with E-state index in [0.29, 0.717) is 11.3 Å².